The molecule has 0 spiro atoms. The number of nitrogens with two attached hydrogens (primary N) is 1. The van der Waals surface area contributed by atoms with Crippen molar-refractivity contribution in [1.29, 1.82) is 10.5 Å². The highest BCUT2D eigenvalue weighted by molar-refractivity contribution is 5.82. The molecule has 0 aliphatic rings. The number of aromatic nitrogens is 1. The predicted octanol–water partition coefficient (Wildman–Crippen LogP) is 2.66. The second-order valence-electron chi connectivity index (χ2n) is 4.53. The molecule has 10 heteroatoms. The van der Waals surface area contributed by atoms with Crippen molar-refractivity contribution in [3.63, 3.8) is 0 Å². The van der Waals surface area contributed by atoms with E-state index < -0.39 is 57.0 Å². The van der Waals surface area contributed by atoms with Crippen LogP contribution in [0, 0.1) is 34.3 Å². The number of nitrogens with zero attached hydrogens (tertiary/aromatic N) is 2. The number of benzene rings is 1. The number of rotatable bonds is 1. The zero-order chi connectivity index (χ0) is 18.2. The van der Waals surface area contributed by atoms with E-state index in [1.54, 1.807) is 0 Å². The van der Waals surface area contributed by atoms with Crippen LogP contribution in [0.3, 0.4) is 0 Å². The molecule has 2 aromatic rings. The van der Waals surface area contributed by atoms with Gasteiger partial charge in [-0.05, 0) is 17.7 Å². The average molecular weight is 340 g/mol. The van der Waals surface area contributed by atoms with Crippen LogP contribution in [-0.2, 0) is 6.18 Å². The first-order valence-corrected chi connectivity index (χ1v) is 6.04. The molecular weight excluding hydrogens is 335 g/mol. The lowest BCUT2D eigenvalue weighted by molar-refractivity contribution is -0.137. The third kappa shape index (κ3) is 2.65. The molecule has 0 unspecified atom stereocenters. The van der Waals surface area contributed by atoms with Crippen molar-refractivity contribution in [3.8, 4) is 23.3 Å². The summed E-state index contributed by atoms with van der Waals surface area (Å²) in [6, 6.07) is 2.83. The lowest BCUT2D eigenvalue weighted by Crippen LogP contribution is -2.18. The fourth-order valence-electron chi connectivity index (χ4n) is 2.10. The van der Waals surface area contributed by atoms with Crippen LogP contribution in [0.4, 0.5) is 27.8 Å². The van der Waals surface area contributed by atoms with Gasteiger partial charge < -0.3 is 10.7 Å². The summed E-state index contributed by atoms with van der Waals surface area (Å²) < 4.78 is 66.1. The number of anilines is 1. The third-order valence-corrected chi connectivity index (χ3v) is 3.10. The number of nitrogen functional groups attached to an aromatic ring is 1. The molecule has 0 amide bonds. The summed E-state index contributed by atoms with van der Waals surface area (Å²) in [5.74, 6) is -4.03. The summed E-state index contributed by atoms with van der Waals surface area (Å²) in [6.07, 6.45) is -5.14. The van der Waals surface area contributed by atoms with Gasteiger partial charge in [0.25, 0.3) is 5.56 Å². The molecule has 0 fully saturated rings. The maximum Gasteiger partial charge on any atom is 0.417 e. The highest BCUT2D eigenvalue weighted by Gasteiger charge is 2.37. The molecule has 1 heterocycles. The summed E-state index contributed by atoms with van der Waals surface area (Å²) in [4.78, 5) is 13.7. The molecule has 1 aromatic heterocycles. The lowest BCUT2D eigenvalue weighted by atomic mass is 9.92. The van der Waals surface area contributed by atoms with E-state index in [-0.39, 0.29) is 12.1 Å². The van der Waals surface area contributed by atoms with Gasteiger partial charge in [-0.25, -0.2) is 8.78 Å². The van der Waals surface area contributed by atoms with Gasteiger partial charge in [0.15, 0.2) is 11.6 Å². The standard InChI is InChI=1S/C14H5F5N4O/c15-9-1-5(8(2-10(9)16)14(17,18)19)11-6(3-20)12(22)23-13(24)7(11)4-21/h1-2H,(H3,22,23,24). The summed E-state index contributed by atoms with van der Waals surface area (Å²) >= 11 is 0. The van der Waals surface area contributed by atoms with Gasteiger partial charge in [0.2, 0.25) is 0 Å². The van der Waals surface area contributed by atoms with Crippen molar-refractivity contribution in [2.75, 3.05) is 5.73 Å². The molecule has 0 aliphatic heterocycles. The first kappa shape index (κ1) is 17.0. The normalized spacial score (nSPS) is 11.0. The van der Waals surface area contributed by atoms with E-state index in [1.165, 1.54) is 12.1 Å². The molecule has 0 atom stereocenters. The summed E-state index contributed by atoms with van der Waals surface area (Å²) in [5, 5.41) is 18.1. The van der Waals surface area contributed by atoms with Gasteiger partial charge in [-0.1, -0.05) is 0 Å². The van der Waals surface area contributed by atoms with Crippen molar-refractivity contribution >= 4 is 5.82 Å². The maximum atomic E-state index is 13.5. The number of hydrogen-bond acceptors (Lipinski definition) is 4. The first-order chi connectivity index (χ1) is 11.1. The fourth-order valence-corrected chi connectivity index (χ4v) is 2.10. The van der Waals surface area contributed by atoms with Gasteiger partial charge in [-0.15, -0.1) is 0 Å². The maximum absolute atomic E-state index is 13.5. The first-order valence-electron chi connectivity index (χ1n) is 6.04. The Kier molecular flexibility index (Phi) is 4.00. The van der Waals surface area contributed by atoms with Crippen LogP contribution in [0.25, 0.3) is 11.1 Å². The van der Waals surface area contributed by atoms with Crippen molar-refractivity contribution in [1.82, 2.24) is 4.98 Å². The Labute approximate surface area is 130 Å². The van der Waals surface area contributed by atoms with Gasteiger partial charge >= 0.3 is 6.18 Å². The van der Waals surface area contributed by atoms with Crippen LogP contribution in [0.1, 0.15) is 16.7 Å². The number of hydrogen-bond donors (Lipinski definition) is 2. The van der Waals surface area contributed by atoms with E-state index in [0.717, 1.165) is 0 Å². The number of halogens is 5. The fraction of sp³-hybridized carbons (Fsp3) is 0.0714. The van der Waals surface area contributed by atoms with Gasteiger partial charge in [-0.2, -0.15) is 23.7 Å². The van der Waals surface area contributed by atoms with E-state index in [4.69, 9.17) is 16.3 Å². The molecule has 1 aromatic carbocycles. The van der Waals surface area contributed by atoms with Crippen molar-refractivity contribution in [2.45, 2.75) is 6.18 Å². The Morgan fingerprint density at radius 3 is 2.08 bits per heavy atom. The van der Waals surface area contributed by atoms with Crippen LogP contribution < -0.4 is 11.3 Å². The third-order valence-electron chi connectivity index (χ3n) is 3.10. The number of nitrogens with one attached hydrogen (secondary N) is 1. The van der Waals surface area contributed by atoms with Crippen molar-refractivity contribution in [2.24, 2.45) is 0 Å². The smallest absolute Gasteiger partial charge is 0.384 e. The molecular formula is C14H5F5N4O. The zero-order valence-corrected chi connectivity index (χ0v) is 11.4. The molecule has 24 heavy (non-hydrogen) atoms. The summed E-state index contributed by atoms with van der Waals surface area (Å²) in [6.45, 7) is 0. The Balaban J connectivity index is 3.09. The monoisotopic (exact) mass is 340 g/mol. The van der Waals surface area contributed by atoms with Gasteiger partial charge in [-0.3, -0.25) is 4.79 Å². The molecule has 122 valence electrons. The van der Waals surface area contributed by atoms with Crippen molar-refractivity contribution in [3.05, 3.63) is 50.8 Å². The van der Waals surface area contributed by atoms with E-state index >= 15 is 0 Å². The number of aromatic amines is 1. The molecule has 3 N–H and O–H groups in total. The van der Waals surface area contributed by atoms with E-state index in [0.29, 0.717) is 0 Å². The van der Waals surface area contributed by atoms with Crippen LogP contribution in [0.5, 0.6) is 0 Å². The zero-order valence-electron chi connectivity index (χ0n) is 11.4. The average Bonchev–Trinajstić information content (AvgIpc) is 2.48. The Bertz CT molecular complexity index is 979. The van der Waals surface area contributed by atoms with Crippen molar-refractivity contribution < 1.29 is 22.0 Å². The molecule has 2 rings (SSSR count). The van der Waals surface area contributed by atoms with E-state index in [1.807, 2.05) is 4.98 Å². The van der Waals surface area contributed by atoms with E-state index in [2.05, 4.69) is 0 Å². The minimum atomic E-state index is -5.14. The van der Waals surface area contributed by atoms with Gasteiger partial charge in [0.05, 0.1) is 5.56 Å². The molecule has 0 aliphatic carbocycles. The molecule has 0 radical (unpaired) electrons. The minimum Gasteiger partial charge on any atom is -0.384 e. The molecule has 0 bridgehead atoms. The number of pyridine rings is 1. The van der Waals surface area contributed by atoms with Gasteiger partial charge in [0.1, 0.15) is 29.1 Å². The topological polar surface area (TPSA) is 106 Å². The number of nitriles is 2. The van der Waals surface area contributed by atoms with E-state index in [9.17, 15) is 26.7 Å². The highest BCUT2D eigenvalue weighted by Crippen LogP contribution is 2.40. The second-order valence-corrected chi connectivity index (χ2v) is 4.53. The van der Waals surface area contributed by atoms with Gasteiger partial charge in [0, 0.05) is 5.56 Å². The van der Waals surface area contributed by atoms with Crippen LogP contribution in [-0.4, -0.2) is 4.98 Å². The quantitative estimate of drug-likeness (QED) is 0.778. The number of alkyl halides is 3. The Morgan fingerprint density at radius 2 is 1.58 bits per heavy atom. The largest absolute Gasteiger partial charge is 0.417 e. The lowest BCUT2D eigenvalue weighted by Gasteiger charge is -2.16. The Morgan fingerprint density at radius 1 is 1.04 bits per heavy atom. The SMILES string of the molecule is N#Cc1c(N)[nH]c(=O)c(C#N)c1-c1cc(F)c(F)cc1C(F)(F)F. The van der Waals surface area contributed by atoms with Crippen LogP contribution >= 0.6 is 0 Å². The second kappa shape index (κ2) is 5.66. The number of H-pyrrole nitrogens is 1. The molecule has 5 nitrogen and oxygen atoms in total. The van der Waals surface area contributed by atoms with Crippen LogP contribution in [0.15, 0.2) is 16.9 Å². The minimum absolute atomic E-state index is 0.121. The highest BCUT2D eigenvalue weighted by atomic mass is 19.4. The molecule has 0 saturated carbocycles. The predicted molar refractivity (Wildman–Crippen MR) is 71.3 cm³/mol. The molecule has 0 saturated heterocycles. The summed E-state index contributed by atoms with van der Waals surface area (Å²) in [5.41, 5.74) is -0.823. The van der Waals surface area contributed by atoms with Crippen LogP contribution in [0.2, 0.25) is 0 Å². The summed E-state index contributed by atoms with van der Waals surface area (Å²) in [7, 11) is 0. The Hall–Kier alpha value is -3.40.